The minimum atomic E-state index is -0.361. The third-order valence-electron chi connectivity index (χ3n) is 5.41. The summed E-state index contributed by atoms with van der Waals surface area (Å²) in [6.07, 6.45) is 5.15. The van der Waals surface area contributed by atoms with E-state index in [1.807, 2.05) is 16.7 Å². The van der Waals surface area contributed by atoms with E-state index < -0.39 is 0 Å². The number of aromatic nitrogens is 2. The smallest absolute Gasteiger partial charge is 0.255 e. The summed E-state index contributed by atoms with van der Waals surface area (Å²) in [5.41, 5.74) is 1.09. The number of hydrogen-bond acceptors (Lipinski definition) is 5. The van der Waals surface area contributed by atoms with E-state index in [0.29, 0.717) is 44.1 Å². The van der Waals surface area contributed by atoms with Gasteiger partial charge in [-0.25, -0.2) is 0 Å². The van der Waals surface area contributed by atoms with Crippen LogP contribution in [0.25, 0.3) is 0 Å². The Balaban J connectivity index is 1.35. The van der Waals surface area contributed by atoms with Crippen LogP contribution in [0, 0.1) is 6.92 Å². The van der Waals surface area contributed by atoms with E-state index in [2.05, 4.69) is 10.1 Å². The third-order valence-corrected chi connectivity index (χ3v) is 5.41. The number of ether oxygens (including phenoxy) is 1. The van der Waals surface area contributed by atoms with Crippen LogP contribution in [0.4, 0.5) is 0 Å². The van der Waals surface area contributed by atoms with Crippen LogP contribution < -0.4 is 0 Å². The highest BCUT2D eigenvalue weighted by Crippen LogP contribution is 2.31. The van der Waals surface area contributed by atoms with Crippen molar-refractivity contribution >= 4 is 11.8 Å². The van der Waals surface area contributed by atoms with Crippen LogP contribution in [0.1, 0.15) is 34.7 Å². The number of carbonyl (C=O) groups excluding carboxylic acids is 2. The van der Waals surface area contributed by atoms with Crippen LogP contribution in [-0.2, 0) is 16.0 Å². The minimum absolute atomic E-state index is 0.0275. The van der Waals surface area contributed by atoms with Gasteiger partial charge in [-0.2, -0.15) is 0 Å². The van der Waals surface area contributed by atoms with E-state index >= 15 is 0 Å². The molecule has 2 saturated heterocycles. The van der Waals surface area contributed by atoms with Crippen LogP contribution in [0.5, 0.6) is 0 Å². The number of aryl methyl sites for hydroxylation is 1. The van der Waals surface area contributed by atoms with Crippen molar-refractivity contribution in [2.24, 2.45) is 0 Å². The number of H-pyrrole nitrogens is 1. The fourth-order valence-electron chi connectivity index (χ4n) is 3.88. The Kier molecular flexibility index (Phi) is 4.73. The second-order valence-electron chi connectivity index (χ2n) is 7.35. The van der Waals surface area contributed by atoms with Crippen molar-refractivity contribution in [3.05, 3.63) is 41.5 Å². The lowest BCUT2D eigenvalue weighted by molar-refractivity contribution is -0.157. The lowest BCUT2D eigenvalue weighted by Gasteiger charge is -2.47. The lowest BCUT2D eigenvalue weighted by atomic mass is 9.89. The predicted octanol–water partition coefficient (Wildman–Crippen LogP) is 1.39. The van der Waals surface area contributed by atoms with Gasteiger partial charge in [0.25, 0.3) is 5.91 Å². The number of aromatic amines is 1. The first-order valence-corrected chi connectivity index (χ1v) is 9.31. The van der Waals surface area contributed by atoms with E-state index in [1.54, 1.807) is 24.5 Å². The van der Waals surface area contributed by atoms with Crippen LogP contribution in [-0.4, -0.2) is 70.1 Å². The van der Waals surface area contributed by atoms with Gasteiger partial charge in [0, 0.05) is 44.6 Å². The molecule has 1 N–H and O–H groups in total. The Morgan fingerprint density at radius 2 is 2.07 bits per heavy atom. The quantitative estimate of drug-likeness (QED) is 0.879. The average molecular weight is 372 g/mol. The highest BCUT2D eigenvalue weighted by molar-refractivity contribution is 5.94. The van der Waals surface area contributed by atoms with E-state index in [0.717, 1.165) is 18.5 Å². The molecule has 2 fully saturated rings. The number of piperidine rings is 1. The monoisotopic (exact) mass is 372 g/mol. The number of amides is 2. The van der Waals surface area contributed by atoms with Gasteiger partial charge in [0.1, 0.15) is 5.76 Å². The van der Waals surface area contributed by atoms with Crippen molar-refractivity contribution in [3.63, 3.8) is 0 Å². The Morgan fingerprint density at radius 3 is 2.74 bits per heavy atom. The van der Waals surface area contributed by atoms with Gasteiger partial charge in [-0.1, -0.05) is 5.16 Å². The number of morpholine rings is 1. The highest BCUT2D eigenvalue weighted by Gasteiger charge is 2.42. The zero-order valence-electron chi connectivity index (χ0n) is 15.4. The van der Waals surface area contributed by atoms with Gasteiger partial charge in [-0.05, 0) is 25.8 Å². The summed E-state index contributed by atoms with van der Waals surface area (Å²) in [4.78, 5) is 31.8. The molecular formula is C19H24N4O4. The summed E-state index contributed by atoms with van der Waals surface area (Å²) in [5.74, 6) is 0.653. The molecule has 8 nitrogen and oxygen atoms in total. The molecule has 2 aromatic heterocycles. The van der Waals surface area contributed by atoms with Crippen molar-refractivity contribution in [1.29, 1.82) is 0 Å². The SMILES string of the molecule is Cc1cc(CC(=O)N2CCOC3(CCN(C(=O)c4cc[nH]c4)CC3)C2)on1. The number of likely N-dealkylation sites (tertiary alicyclic amines) is 1. The van der Waals surface area contributed by atoms with Crippen molar-refractivity contribution in [3.8, 4) is 0 Å². The van der Waals surface area contributed by atoms with Crippen LogP contribution in [0.3, 0.4) is 0 Å². The molecule has 0 radical (unpaired) electrons. The highest BCUT2D eigenvalue weighted by atomic mass is 16.5. The topological polar surface area (TPSA) is 91.7 Å². The largest absolute Gasteiger partial charge is 0.371 e. The summed E-state index contributed by atoms with van der Waals surface area (Å²) in [7, 11) is 0. The lowest BCUT2D eigenvalue weighted by Crippen LogP contribution is -2.58. The fraction of sp³-hybridized carbons (Fsp3) is 0.526. The maximum Gasteiger partial charge on any atom is 0.255 e. The van der Waals surface area contributed by atoms with E-state index in [9.17, 15) is 9.59 Å². The molecule has 0 atom stereocenters. The Morgan fingerprint density at radius 1 is 1.26 bits per heavy atom. The first-order valence-electron chi connectivity index (χ1n) is 9.31. The molecule has 1 spiro atoms. The molecule has 8 heteroatoms. The van der Waals surface area contributed by atoms with Gasteiger partial charge in [0.05, 0.1) is 29.9 Å². The molecular weight excluding hydrogens is 348 g/mol. The van der Waals surface area contributed by atoms with Gasteiger partial charge in [0.15, 0.2) is 0 Å². The molecule has 27 heavy (non-hydrogen) atoms. The molecule has 2 amide bonds. The molecule has 2 aliphatic rings. The van der Waals surface area contributed by atoms with Gasteiger partial charge >= 0.3 is 0 Å². The van der Waals surface area contributed by atoms with Crippen molar-refractivity contribution in [2.75, 3.05) is 32.8 Å². The van der Waals surface area contributed by atoms with Crippen molar-refractivity contribution < 1.29 is 18.8 Å². The molecule has 2 aliphatic heterocycles. The maximum atomic E-state index is 12.6. The first kappa shape index (κ1) is 17.8. The van der Waals surface area contributed by atoms with Gasteiger partial charge in [-0.3, -0.25) is 9.59 Å². The molecule has 2 aromatic rings. The molecule has 0 bridgehead atoms. The number of rotatable bonds is 3. The zero-order chi connectivity index (χ0) is 18.9. The zero-order valence-corrected chi connectivity index (χ0v) is 15.4. The number of carbonyl (C=O) groups is 2. The molecule has 0 aromatic carbocycles. The fourth-order valence-corrected chi connectivity index (χ4v) is 3.88. The van der Waals surface area contributed by atoms with Gasteiger partial charge in [-0.15, -0.1) is 0 Å². The minimum Gasteiger partial charge on any atom is -0.371 e. The summed E-state index contributed by atoms with van der Waals surface area (Å²) in [5, 5.41) is 3.83. The molecule has 4 rings (SSSR count). The van der Waals surface area contributed by atoms with Gasteiger partial charge < -0.3 is 24.0 Å². The molecule has 0 unspecified atom stereocenters. The van der Waals surface area contributed by atoms with Crippen LogP contribution in [0.2, 0.25) is 0 Å². The molecule has 144 valence electrons. The second-order valence-corrected chi connectivity index (χ2v) is 7.35. The Labute approximate surface area is 157 Å². The first-order chi connectivity index (χ1) is 13.0. The van der Waals surface area contributed by atoms with Crippen LogP contribution in [0.15, 0.2) is 29.0 Å². The normalized spacial score (nSPS) is 19.4. The maximum absolute atomic E-state index is 12.6. The average Bonchev–Trinajstić information content (AvgIpc) is 3.34. The van der Waals surface area contributed by atoms with Crippen molar-refractivity contribution in [2.45, 2.75) is 31.8 Å². The summed E-state index contributed by atoms with van der Waals surface area (Å²) in [6, 6.07) is 3.58. The number of hydrogen-bond donors (Lipinski definition) is 1. The Hall–Kier alpha value is -2.61. The van der Waals surface area contributed by atoms with Crippen molar-refractivity contribution in [1.82, 2.24) is 19.9 Å². The summed E-state index contributed by atoms with van der Waals surface area (Å²) >= 11 is 0. The second kappa shape index (κ2) is 7.19. The summed E-state index contributed by atoms with van der Waals surface area (Å²) in [6.45, 7) is 4.77. The summed E-state index contributed by atoms with van der Waals surface area (Å²) < 4.78 is 11.2. The predicted molar refractivity (Wildman–Crippen MR) is 96.1 cm³/mol. The molecule has 0 saturated carbocycles. The van der Waals surface area contributed by atoms with Crippen LogP contribution >= 0.6 is 0 Å². The molecule has 0 aliphatic carbocycles. The third kappa shape index (κ3) is 3.75. The number of nitrogens with one attached hydrogen (secondary N) is 1. The standard InChI is InChI=1S/C19H24N4O4/c1-14-10-16(27-21-14)11-17(24)23-8-9-26-19(13-23)3-6-22(7-4-19)18(25)15-2-5-20-12-15/h2,5,10,12,20H,3-4,6-9,11,13H2,1H3. The van der Waals surface area contributed by atoms with E-state index in [4.69, 9.17) is 9.26 Å². The Bertz CT molecular complexity index is 806. The van der Waals surface area contributed by atoms with E-state index in [-0.39, 0.29) is 23.8 Å². The number of nitrogens with zero attached hydrogens (tertiary/aromatic N) is 3. The molecule has 4 heterocycles. The van der Waals surface area contributed by atoms with Gasteiger partial charge in [0.2, 0.25) is 5.91 Å². The van der Waals surface area contributed by atoms with E-state index in [1.165, 1.54) is 0 Å².